The Balaban J connectivity index is 1.54. The third-order valence-electron chi connectivity index (χ3n) is 4.49. The number of fused-ring (bicyclic) bond motifs is 1. The SMILES string of the molecule is c1cc2c(c(-c3ccc(OC4CCCCC4)cc3)c1)NSCO2. The second kappa shape index (κ2) is 6.75. The van der Waals surface area contributed by atoms with E-state index >= 15 is 0 Å². The van der Waals surface area contributed by atoms with Crippen LogP contribution in [0.1, 0.15) is 32.1 Å². The van der Waals surface area contributed by atoms with Gasteiger partial charge in [0, 0.05) is 5.56 Å². The van der Waals surface area contributed by atoms with Gasteiger partial charge in [-0.05, 0) is 61.4 Å². The summed E-state index contributed by atoms with van der Waals surface area (Å²) in [5, 5.41) is 0. The number of ether oxygens (including phenoxy) is 2. The number of hydrogen-bond acceptors (Lipinski definition) is 4. The molecular formula is C19H21NO2S. The number of anilines is 1. The van der Waals surface area contributed by atoms with Crippen LogP contribution in [0.2, 0.25) is 0 Å². The summed E-state index contributed by atoms with van der Waals surface area (Å²) in [5.74, 6) is 2.54. The average molecular weight is 327 g/mol. The van der Waals surface area contributed by atoms with Gasteiger partial charge < -0.3 is 14.2 Å². The predicted molar refractivity (Wildman–Crippen MR) is 96.1 cm³/mol. The summed E-state index contributed by atoms with van der Waals surface area (Å²) in [5.41, 5.74) is 3.40. The maximum absolute atomic E-state index is 6.11. The van der Waals surface area contributed by atoms with E-state index < -0.39 is 0 Å². The van der Waals surface area contributed by atoms with Crippen LogP contribution in [0, 0.1) is 0 Å². The van der Waals surface area contributed by atoms with Gasteiger partial charge in [0.2, 0.25) is 0 Å². The zero-order valence-electron chi connectivity index (χ0n) is 13.1. The molecular weight excluding hydrogens is 306 g/mol. The van der Waals surface area contributed by atoms with E-state index in [0.717, 1.165) is 17.2 Å². The van der Waals surface area contributed by atoms with Crippen molar-refractivity contribution in [2.45, 2.75) is 38.2 Å². The quantitative estimate of drug-likeness (QED) is 0.757. The van der Waals surface area contributed by atoms with Crippen molar-refractivity contribution in [1.82, 2.24) is 0 Å². The molecule has 1 N–H and O–H groups in total. The van der Waals surface area contributed by atoms with Crippen LogP contribution in [0.25, 0.3) is 11.1 Å². The first-order valence-electron chi connectivity index (χ1n) is 8.31. The van der Waals surface area contributed by atoms with Gasteiger partial charge in [0.25, 0.3) is 0 Å². The van der Waals surface area contributed by atoms with Gasteiger partial charge in [-0.3, -0.25) is 0 Å². The molecule has 1 aliphatic heterocycles. The lowest BCUT2D eigenvalue weighted by Crippen LogP contribution is -2.19. The predicted octanol–water partition coefficient (Wildman–Crippen LogP) is 5.48. The highest BCUT2D eigenvalue weighted by Gasteiger charge is 2.17. The fourth-order valence-corrected chi connectivity index (χ4v) is 3.88. The third-order valence-corrected chi connectivity index (χ3v) is 5.08. The molecule has 0 spiro atoms. The average Bonchev–Trinajstić information content (AvgIpc) is 2.63. The summed E-state index contributed by atoms with van der Waals surface area (Å²) in [7, 11) is 0. The van der Waals surface area contributed by atoms with Crippen molar-refractivity contribution in [3.63, 3.8) is 0 Å². The van der Waals surface area contributed by atoms with Crippen LogP contribution in [0.15, 0.2) is 42.5 Å². The monoisotopic (exact) mass is 327 g/mol. The van der Waals surface area contributed by atoms with Crippen LogP contribution >= 0.6 is 11.9 Å². The van der Waals surface area contributed by atoms with Crippen LogP contribution in [-0.4, -0.2) is 12.0 Å². The maximum Gasteiger partial charge on any atom is 0.153 e. The number of nitrogens with one attached hydrogen (secondary N) is 1. The second-order valence-electron chi connectivity index (χ2n) is 6.09. The highest BCUT2D eigenvalue weighted by molar-refractivity contribution is 8.00. The van der Waals surface area contributed by atoms with E-state index in [2.05, 4.69) is 35.1 Å². The van der Waals surface area contributed by atoms with Crippen LogP contribution in [0.4, 0.5) is 5.69 Å². The molecule has 2 aromatic carbocycles. The maximum atomic E-state index is 6.11. The van der Waals surface area contributed by atoms with Gasteiger partial charge >= 0.3 is 0 Å². The molecule has 0 atom stereocenters. The zero-order chi connectivity index (χ0) is 15.5. The Morgan fingerprint density at radius 1 is 1.00 bits per heavy atom. The molecule has 1 fully saturated rings. The standard InChI is InChI=1S/C19H21NO2S/c1-2-5-15(6-3-1)22-16-11-9-14(10-12-16)17-7-4-8-18-19(17)20-23-13-21-18/h4,7-12,15,20H,1-3,5-6,13H2. The van der Waals surface area contributed by atoms with Crippen LogP contribution < -0.4 is 14.2 Å². The molecule has 0 amide bonds. The van der Waals surface area contributed by atoms with Gasteiger partial charge in [-0.15, -0.1) is 0 Å². The minimum atomic E-state index is 0.394. The van der Waals surface area contributed by atoms with Gasteiger partial charge in [0.05, 0.1) is 11.8 Å². The van der Waals surface area contributed by atoms with Crippen molar-refractivity contribution in [2.75, 3.05) is 10.7 Å². The Kier molecular flexibility index (Phi) is 4.33. The summed E-state index contributed by atoms with van der Waals surface area (Å²) in [6, 6.07) is 14.6. The summed E-state index contributed by atoms with van der Waals surface area (Å²) < 4.78 is 15.2. The first-order chi connectivity index (χ1) is 11.4. The molecule has 4 rings (SSSR count). The van der Waals surface area contributed by atoms with Crippen molar-refractivity contribution in [3.8, 4) is 22.6 Å². The lowest BCUT2D eigenvalue weighted by atomic mass is 9.98. The Labute approximate surface area is 141 Å². The lowest BCUT2D eigenvalue weighted by Gasteiger charge is -2.23. The third kappa shape index (κ3) is 3.27. The molecule has 0 unspecified atom stereocenters. The van der Waals surface area contributed by atoms with Crippen molar-refractivity contribution >= 4 is 17.6 Å². The molecule has 1 heterocycles. The molecule has 2 aliphatic rings. The van der Waals surface area contributed by atoms with E-state index in [1.54, 1.807) is 11.9 Å². The molecule has 0 aromatic heterocycles. The first-order valence-corrected chi connectivity index (χ1v) is 9.29. The van der Waals surface area contributed by atoms with E-state index in [-0.39, 0.29) is 0 Å². The molecule has 120 valence electrons. The van der Waals surface area contributed by atoms with Gasteiger partial charge in [-0.1, -0.05) is 30.7 Å². The molecule has 0 bridgehead atoms. The van der Waals surface area contributed by atoms with E-state index in [1.807, 2.05) is 12.1 Å². The van der Waals surface area contributed by atoms with Gasteiger partial charge in [-0.25, -0.2) is 0 Å². The van der Waals surface area contributed by atoms with Gasteiger partial charge in [-0.2, -0.15) is 0 Å². The highest BCUT2D eigenvalue weighted by atomic mass is 32.2. The Morgan fingerprint density at radius 3 is 2.65 bits per heavy atom. The van der Waals surface area contributed by atoms with E-state index in [0.29, 0.717) is 12.0 Å². The Bertz CT molecular complexity index is 666. The van der Waals surface area contributed by atoms with E-state index in [1.165, 1.54) is 43.2 Å². The summed E-state index contributed by atoms with van der Waals surface area (Å²) in [6.07, 6.45) is 6.71. The van der Waals surface area contributed by atoms with E-state index in [9.17, 15) is 0 Å². The van der Waals surface area contributed by atoms with Crippen molar-refractivity contribution in [1.29, 1.82) is 0 Å². The second-order valence-corrected chi connectivity index (χ2v) is 6.82. The summed E-state index contributed by atoms with van der Waals surface area (Å²) in [6.45, 7) is 0. The molecule has 3 nitrogen and oxygen atoms in total. The number of para-hydroxylation sites is 1. The number of rotatable bonds is 3. The minimum absolute atomic E-state index is 0.394. The Morgan fingerprint density at radius 2 is 1.83 bits per heavy atom. The molecule has 4 heteroatoms. The van der Waals surface area contributed by atoms with Crippen LogP contribution in [0.5, 0.6) is 11.5 Å². The first kappa shape index (κ1) is 14.8. The van der Waals surface area contributed by atoms with Gasteiger partial charge in [0.15, 0.2) is 5.94 Å². The number of hydrogen-bond donors (Lipinski definition) is 1. The van der Waals surface area contributed by atoms with E-state index in [4.69, 9.17) is 9.47 Å². The molecule has 2 aromatic rings. The number of benzene rings is 2. The van der Waals surface area contributed by atoms with Crippen molar-refractivity contribution in [2.24, 2.45) is 0 Å². The van der Waals surface area contributed by atoms with Gasteiger partial charge in [0.1, 0.15) is 11.5 Å². The molecule has 1 saturated carbocycles. The minimum Gasteiger partial charge on any atom is -0.490 e. The topological polar surface area (TPSA) is 30.5 Å². The fourth-order valence-electron chi connectivity index (χ4n) is 3.28. The summed E-state index contributed by atoms with van der Waals surface area (Å²) in [4.78, 5) is 0. The van der Waals surface area contributed by atoms with Crippen LogP contribution in [-0.2, 0) is 0 Å². The lowest BCUT2D eigenvalue weighted by molar-refractivity contribution is 0.155. The Hall–Kier alpha value is -1.81. The highest BCUT2D eigenvalue weighted by Crippen LogP contribution is 2.40. The van der Waals surface area contributed by atoms with Crippen molar-refractivity contribution < 1.29 is 9.47 Å². The molecule has 0 radical (unpaired) electrons. The smallest absolute Gasteiger partial charge is 0.153 e. The van der Waals surface area contributed by atoms with Crippen molar-refractivity contribution in [3.05, 3.63) is 42.5 Å². The largest absolute Gasteiger partial charge is 0.490 e. The normalized spacial score (nSPS) is 17.7. The molecule has 1 aliphatic carbocycles. The molecule has 0 saturated heterocycles. The van der Waals surface area contributed by atoms with Crippen LogP contribution in [0.3, 0.4) is 0 Å². The summed E-state index contributed by atoms with van der Waals surface area (Å²) >= 11 is 1.58. The molecule has 23 heavy (non-hydrogen) atoms. The zero-order valence-corrected chi connectivity index (χ0v) is 13.9. The fraction of sp³-hybridized carbons (Fsp3) is 0.368.